The van der Waals surface area contributed by atoms with Crippen molar-refractivity contribution in [3.05, 3.63) is 35.4 Å². The topological polar surface area (TPSA) is 38.0 Å². The Bertz CT molecular complexity index is 343. The molecule has 1 aromatic rings. The number of rotatable bonds is 4. The summed E-state index contributed by atoms with van der Waals surface area (Å²) in [5.74, 6) is 1.28. The monoisotopic (exact) mass is 232 g/mol. The molecule has 1 saturated heterocycles. The van der Waals surface area contributed by atoms with E-state index in [1.54, 1.807) is 0 Å². The lowest BCUT2D eigenvalue weighted by Gasteiger charge is -2.24. The lowest BCUT2D eigenvalue weighted by atomic mass is 9.88. The van der Waals surface area contributed by atoms with Crippen LogP contribution in [-0.4, -0.2) is 19.6 Å². The first-order valence-electron chi connectivity index (χ1n) is 6.82. The largest absolute Gasteiger partial charge is 0.330 e. The van der Waals surface area contributed by atoms with Crippen molar-refractivity contribution < 1.29 is 0 Å². The minimum Gasteiger partial charge on any atom is -0.330 e. The van der Waals surface area contributed by atoms with E-state index in [0.717, 1.165) is 19.5 Å². The fourth-order valence-corrected chi connectivity index (χ4v) is 2.67. The molecule has 2 atom stereocenters. The van der Waals surface area contributed by atoms with Gasteiger partial charge in [-0.05, 0) is 55.3 Å². The first-order valence-corrected chi connectivity index (χ1v) is 6.82. The van der Waals surface area contributed by atoms with Crippen molar-refractivity contribution in [3.63, 3.8) is 0 Å². The van der Waals surface area contributed by atoms with E-state index in [2.05, 4.69) is 36.5 Å². The molecule has 3 N–H and O–H groups in total. The Morgan fingerprint density at radius 1 is 1.47 bits per heavy atom. The number of nitrogens with two attached hydrogens (primary N) is 1. The highest BCUT2D eigenvalue weighted by atomic mass is 14.9. The second-order valence-corrected chi connectivity index (χ2v) is 5.19. The molecule has 2 nitrogen and oxygen atoms in total. The quantitative estimate of drug-likeness (QED) is 0.837. The minimum atomic E-state index is 0.580. The summed E-state index contributed by atoms with van der Waals surface area (Å²) in [6.07, 6.45) is 3.70. The molecule has 1 fully saturated rings. The molecule has 0 radical (unpaired) electrons. The van der Waals surface area contributed by atoms with Crippen LogP contribution in [0.25, 0.3) is 0 Å². The molecule has 94 valence electrons. The molecule has 0 aromatic heterocycles. The minimum absolute atomic E-state index is 0.580. The third-order valence-corrected chi connectivity index (χ3v) is 3.85. The highest BCUT2D eigenvalue weighted by Gasteiger charge is 2.15. The molecule has 1 aliphatic rings. The molecule has 0 saturated carbocycles. The van der Waals surface area contributed by atoms with Gasteiger partial charge in [-0.25, -0.2) is 0 Å². The fraction of sp³-hybridized carbons (Fsp3) is 0.600. The van der Waals surface area contributed by atoms with Gasteiger partial charge in [0, 0.05) is 6.54 Å². The highest BCUT2D eigenvalue weighted by molar-refractivity contribution is 5.29. The van der Waals surface area contributed by atoms with Crippen molar-refractivity contribution >= 4 is 0 Å². The maximum Gasteiger partial charge on any atom is 0.00201 e. The average Bonchev–Trinajstić information content (AvgIpc) is 2.40. The Morgan fingerprint density at radius 2 is 2.35 bits per heavy atom. The molecule has 1 aliphatic heterocycles. The molecule has 2 rings (SSSR count). The molecule has 2 heteroatoms. The summed E-state index contributed by atoms with van der Waals surface area (Å²) in [4.78, 5) is 0. The second-order valence-electron chi connectivity index (χ2n) is 5.19. The molecule has 0 bridgehead atoms. The van der Waals surface area contributed by atoms with Gasteiger partial charge in [0.1, 0.15) is 0 Å². The zero-order valence-electron chi connectivity index (χ0n) is 10.8. The summed E-state index contributed by atoms with van der Waals surface area (Å²) >= 11 is 0. The Morgan fingerprint density at radius 3 is 3.06 bits per heavy atom. The highest BCUT2D eigenvalue weighted by Crippen LogP contribution is 2.27. The molecule has 0 spiro atoms. The SMILES string of the molecule is CC(CCN)c1cccc(C2CCCNC2)c1. The van der Waals surface area contributed by atoms with Gasteiger partial charge in [-0.3, -0.25) is 0 Å². The van der Waals surface area contributed by atoms with E-state index in [9.17, 15) is 0 Å². The number of benzene rings is 1. The molecule has 2 unspecified atom stereocenters. The molecule has 0 aliphatic carbocycles. The van der Waals surface area contributed by atoms with Crippen LogP contribution in [-0.2, 0) is 0 Å². The van der Waals surface area contributed by atoms with Crippen LogP contribution in [0.1, 0.15) is 49.1 Å². The summed E-state index contributed by atoms with van der Waals surface area (Å²) in [6, 6.07) is 9.10. The van der Waals surface area contributed by atoms with E-state index < -0.39 is 0 Å². The maximum absolute atomic E-state index is 5.64. The lowest BCUT2D eigenvalue weighted by molar-refractivity contribution is 0.461. The summed E-state index contributed by atoms with van der Waals surface area (Å²) in [7, 11) is 0. The Hall–Kier alpha value is -0.860. The van der Waals surface area contributed by atoms with Crippen LogP contribution in [0.4, 0.5) is 0 Å². The van der Waals surface area contributed by atoms with Crippen LogP contribution < -0.4 is 11.1 Å². The summed E-state index contributed by atoms with van der Waals surface area (Å²) in [6.45, 7) is 5.36. The van der Waals surface area contributed by atoms with Crippen LogP contribution >= 0.6 is 0 Å². The summed E-state index contributed by atoms with van der Waals surface area (Å²) in [5, 5.41) is 3.49. The number of piperidine rings is 1. The van der Waals surface area contributed by atoms with Gasteiger partial charge >= 0.3 is 0 Å². The fourth-order valence-electron chi connectivity index (χ4n) is 2.67. The number of hydrogen-bond acceptors (Lipinski definition) is 2. The van der Waals surface area contributed by atoms with E-state index in [1.807, 2.05) is 0 Å². The summed E-state index contributed by atoms with van der Waals surface area (Å²) in [5.41, 5.74) is 8.58. The van der Waals surface area contributed by atoms with Crippen molar-refractivity contribution in [2.75, 3.05) is 19.6 Å². The zero-order chi connectivity index (χ0) is 12.1. The first kappa shape index (κ1) is 12.6. The molecule has 1 heterocycles. The molecular formula is C15H24N2. The average molecular weight is 232 g/mol. The van der Waals surface area contributed by atoms with Gasteiger partial charge in [0.05, 0.1) is 0 Å². The van der Waals surface area contributed by atoms with Gasteiger partial charge in [0.2, 0.25) is 0 Å². The Kier molecular flexibility index (Phi) is 4.57. The standard InChI is InChI=1S/C15H24N2/c1-12(7-8-16)13-4-2-5-14(10-13)15-6-3-9-17-11-15/h2,4-5,10,12,15,17H,3,6-9,11,16H2,1H3. The summed E-state index contributed by atoms with van der Waals surface area (Å²) < 4.78 is 0. The van der Waals surface area contributed by atoms with Crippen molar-refractivity contribution in [2.45, 2.75) is 38.0 Å². The smallest absolute Gasteiger partial charge is 0.00201 e. The van der Waals surface area contributed by atoms with Gasteiger partial charge < -0.3 is 11.1 Å². The van der Waals surface area contributed by atoms with Gasteiger partial charge in [0.15, 0.2) is 0 Å². The van der Waals surface area contributed by atoms with E-state index in [0.29, 0.717) is 11.8 Å². The zero-order valence-corrected chi connectivity index (χ0v) is 10.8. The number of hydrogen-bond donors (Lipinski definition) is 2. The predicted octanol–water partition coefficient (Wildman–Crippen LogP) is 2.61. The van der Waals surface area contributed by atoms with Crippen LogP contribution in [0, 0.1) is 0 Å². The van der Waals surface area contributed by atoms with Gasteiger partial charge in [-0.1, -0.05) is 31.2 Å². The van der Waals surface area contributed by atoms with Crippen molar-refractivity contribution in [1.29, 1.82) is 0 Å². The van der Waals surface area contributed by atoms with E-state index in [4.69, 9.17) is 5.73 Å². The van der Waals surface area contributed by atoms with Crippen molar-refractivity contribution in [2.24, 2.45) is 5.73 Å². The van der Waals surface area contributed by atoms with Crippen LogP contribution in [0.2, 0.25) is 0 Å². The number of nitrogens with one attached hydrogen (secondary N) is 1. The van der Waals surface area contributed by atoms with Gasteiger partial charge in [-0.15, -0.1) is 0 Å². The van der Waals surface area contributed by atoms with Crippen LogP contribution in [0.15, 0.2) is 24.3 Å². The lowest BCUT2D eigenvalue weighted by Crippen LogP contribution is -2.28. The van der Waals surface area contributed by atoms with Gasteiger partial charge in [-0.2, -0.15) is 0 Å². The molecular weight excluding hydrogens is 208 g/mol. The maximum atomic E-state index is 5.64. The first-order chi connectivity index (χ1) is 8.31. The van der Waals surface area contributed by atoms with Crippen LogP contribution in [0.3, 0.4) is 0 Å². The normalized spacial score (nSPS) is 22.4. The van der Waals surface area contributed by atoms with E-state index in [1.165, 1.54) is 30.5 Å². The van der Waals surface area contributed by atoms with Crippen molar-refractivity contribution in [1.82, 2.24) is 5.32 Å². The van der Waals surface area contributed by atoms with Crippen molar-refractivity contribution in [3.8, 4) is 0 Å². The van der Waals surface area contributed by atoms with E-state index in [-0.39, 0.29) is 0 Å². The Labute approximate surface area is 105 Å². The van der Waals surface area contributed by atoms with Crippen LogP contribution in [0.5, 0.6) is 0 Å². The third kappa shape index (κ3) is 3.30. The van der Waals surface area contributed by atoms with E-state index >= 15 is 0 Å². The molecule has 17 heavy (non-hydrogen) atoms. The third-order valence-electron chi connectivity index (χ3n) is 3.85. The molecule has 0 amide bonds. The molecule has 1 aromatic carbocycles. The second kappa shape index (κ2) is 6.18. The van der Waals surface area contributed by atoms with Gasteiger partial charge in [0.25, 0.3) is 0 Å². The Balaban J connectivity index is 2.09. The predicted molar refractivity (Wildman–Crippen MR) is 73.4 cm³/mol.